The molecule has 0 aromatic heterocycles. The van der Waals surface area contributed by atoms with Crippen molar-refractivity contribution in [3.8, 4) is 0 Å². The van der Waals surface area contributed by atoms with E-state index in [4.69, 9.17) is 0 Å². The van der Waals surface area contributed by atoms with Gasteiger partial charge in [-0.05, 0) is 27.2 Å². The predicted molar refractivity (Wildman–Crippen MR) is 43.5 cm³/mol. The fraction of sp³-hybridized carbons (Fsp3) is 0.857. The molecule has 0 aromatic carbocycles. The van der Waals surface area contributed by atoms with Crippen LogP contribution in [0.15, 0.2) is 0 Å². The van der Waals surface area contributed by atoms with Gasteiger partial charge in [-0.15, -0.1) is 0 Å². The van der Waals surface area contributed by atoms with Crippen LogP contribution < -0.4 is 0 Å². The summed E-state index contributed by atoms with van der Waals surface area (Å²) in [6.45, 7) is 8.62. The molecule has 1 radical (unpaired) electrons. The van der Waals surface area contributed by atoms with Crippen molar-refractivity contribution in [2.75, 3.05) is 5.75 Å². The van der Waals surface area contributed by atoms with E-state index in [1.807, 2.05) is 0 Å². The molecule has 0 saturated heterocycles. The topological polar surface area (TPSA) is 34.1 Å². The zero-order chi connectivity index (χ0) is 8.41. The van der Waals surface area contributed by atoms with Crippen molar-refractivity contribution in [1.29, 1.82) is 0 Å². The van der Waals surface area contributed by atoms with E-state index in [1.54, 1.807) is 20.8 Å². The van der Waals surface area contributed by atoms with Crippen molar-refractivity contribution in [2.45, 2.75) is 31.9 Å². The summed E-state index contributed by atoms with van der Waals surface area (Å²) in [7, 11) is -2.91. The zero-order valence-corrected chi connectivity index (χ0v) is 7.66. The molecule has 0 atom stereocenters. The maximum Gasteiger partial charge on any atom is 0.155 e. The summed E-state index contributed by atoms with van der Waals surface area (Å²) in [4.78, 5) is 0. The highest BCUT2D eigenvalue weighted by Crippen LogP contribution is 2.16. The summed E-state index contributed by atoms with van der Waals surface area (Å²) >= 11 is 0. The molecule has 3 heteroatoms. The summed E-state index contributed by atoms with van der Waals surface area (Å²) < 4.78 is 21.8. The van der Waals surface area contributed by atoms with Crippen LogP contribution in [-0.2, 0) is 9.84 Å². The molecular formula is C7H15O2S. The number of rotatable bonds is 2. The van der Waals surface area contributed by atoms with Crippen molar-refractivity contribution < 1.29 is 8.42 Å². The van der Waals surface area contributed by atoms with Gasteiger partial charge in [-0.3, -0.25) is 0 Å². The minimum absolute atomic E-state index is 0.191. The van der Waals surface area contributed by atoms with Crippen molar-refractivity contribution in [3.05, 3.63) is 6.92 Å². The number of hydrogen-bond donors (Lipinski definition) is 0. The fourth-order valence-corrected chi connectivity index (χ4v) is 1.49. The Hall–Kier alpha value is -0.0500. The highest BCUT2D eigenvalue weighted by molar-refractivity contribution is 7.92. The molecule has 0 aliphatic rings. The predicted octanol–water partition coefficient (Wildman–Crippen LogP) is 1.42. The maximum atomic E-state index is 11.2. The van der Waals surface area contributed by atoms with E-state index in [1.165, 1.54) is 0 Å². The van der Waals surface area contributed by atoms with Gasteiger partial charge in [0.2, 0.25) is 0 Å². The normalized spacial score (nSPS) is 13.6. The average molecular weight is 163 g/mol. The third-order valence-electron chi connectivity index (χ3n) is 1.35. The SMILES string of the molecule is [CH2]CCS(=O)(=O)C(C)(C)C. The van der Waals surface area contributed by atoms with Crippen LogP contribution in [0.2, 0.25) is 0 Å². The second-order valence-corrected chi connectivity index (χ2v) is 6.15. The first-order valence-electron chi connectivity index (χ1n) is 3.33. The minimum Gasteiger partial charge on any atom is -0.228 e. The first kappa shape index (κ1) is 9.95. The Morgan fingerprint density at radius 3 is 1.80 bits per heavy atom. The first-order valence-corrected chi connectivity index (χ1v) is 4.98. The third-order valence-corrected chi connectivity index (χ3v) is 4.04. The molecule has 0 aliphatic carbocycles. The van der Waals surface area contributed by atoms with Crippen LogP contribution in [0.5, 0.6) is 0 Å². The summed E-state index contributed by atoms with van der Waals surface area (Å²) in [5.74, 6) is 0.191. The third kappa shape index (κ3) is 2.29. The highest BCUT2D eigenvalue weighted by atomic mass is 32.2. The Kier molecular flexibility index (Phi) is 2.89. The van der Waals surface area contributed by atoms with E-state index in [9.17, 15) is 8.42 Å². The monoisotopic (exact) mass is 163 g/mol. The van der Waals surface area contributed by atoms with E-state index in [2.05, 4.69) is 6.92 Å². The Morgan fingerprint density at radius 1 is 1.30 bits per heavy atom. The minimum atomic E-state index is -2.91. The van der Waals surface area contributed by atoms with Crippen LogP contribution in [0, 0.1) is 6.92 Å². The van der Waals surface area contributed by atoms with Crippen molar-refractivity contribution in [3.63, 3.8) is 0 Å². The van der Waals surface area contributed by atoms with Gasteiger partial charge < -0.3 is 0 Å². The molecule has 10 heavy (non-hydrogen) atoms. The largest absolute Gasteiger partial charge is 0.228 e. The van der Waals surface area contributed by atoms with Gasteiger partial charge in [0.05, 0.1) is 10.5 Å². The first-order chi connectivity index (χ1) is 4.31. The molecular weight excluding hydrogens is 148 g/mol. The lowest BCUT2D eigenvalue weighted by molar-refractivity contribution is 0.560. The smallest absolute Gasteiger partial charge is 0.155 e. The quantitative estimate of drug-likeness (QED) is 0.617. The van der Waals surface area contributed by atoms with Crippen LogP contribution in [0.3, 0.4) is 0 Å². The second-order valence-electron chi connectivity index (χ2n) is 3.28. The Labute approximate surface area is 63.6 Å². The molecule has 0 spiro atoms. The van der Waals surface area contributed by atoms with Crippen molar-refractivity contribution >= 4 is 9.84 Å². The van der Waals surface area contributed by atoms with Crippen LogP contribution in [-0.4, -0.2) is 18.9 Å². The van der Waals surface area contributed by atoms with Gasteiger partial charge in [-0.2, -0.15) is 0 Å². The van der Waals surface area contributed by atoms with E-state index >= 15 is 0 Å². The maximum absolute atomic E-state index is 11.2. The van der Waals surface area contributed by atoms with E-state index < -0.39 is 14.6 Å². The molecule has 0 aromatic rings. The van der Waals surface area contributed by atoms with Gasteiger partial charge in [-0.1, -0.05) is 6.92 Å². The average Bonchev–Trinajstić information content (AvgIpc) is 1.61. The van der Waals surface area contributed by atoms with Gasteiger partial charge in [0.25, 0.3) is 0 Å². The van der Waals surface area contributed by atoms with Gasteiger partial charge in [0.15, 0.2) is 9.84 Å². The van der Waals surface area contributed by atoms with E-state index in [-0.39, 0.29) is 5.75 Å². The molecule has 0 aliphatic heterocycles. The van der Waals surface area contributed by atoms with E-state index in [0.717, 1.165) is 0 Å². The molecule has 0 fully saturated rings. The molecule has 0 rings (SSSR count). The van der Waals surface area contributed by atoms with Gasteiger partial charge in [0.1, 0.15) is 0 Å². The summed E-state index contributed by atoms with van der Waals surface area (Å²) in [6.07, 6.45) is 0.458. The summed E-state index contributed by atoms with van der Waals surface area (Å²) in [5, 5.41) is 0. The molecule has 0 heterocycles. The van der Waals surface area contributed by atoms with Gasteiger partial charge >= 0.3 is 0 Å². The lowest BCUT2D eigenvalue weighted by Gasteiger charge is -2.17. The molecule has 0 unspecified atom stereocenters. The van der Waals surface area contributed by atoms with Gasteiger partial charge in [-0.25, -0.2) is 8.42 Å². The Balaban J connectivity index is 4.44. The highest BCUT2D eigenvalue weighted by Gasteiger charge is 2.27. The summed E-state index contributed by atoms with van der Waals surface area (Å²) in [5.41, 5.74) is 0. The Bertz CT molecular complexity index is 184. The van der Waals surface area contributed by atoms with Gasteiger partial charge in [0, 0.05) is 0 Å². The van der Waals surface area contributed by atoms with Crippen LogP contribution in [0.4, 0.5) is 0 Å². The van der Waals surface area contributed by atoms with Crippen molar-refractivity contribution in [2.24, 2.45) is 0 Å². The Morgan fingerprint density at radius 2 is 1.70 bits per heavy atom. The second kappa shape index (κ2) is 2.91. The number of sulfone groups is 1. The molecule has 0 saturated carbocycles. The fourth-order valence-electron chi connectivity index (χ4n) is 0.496. The molecule has 2 nitrogen and oxygen atoms in total. The van der Waals surface area contributed by atoms with Crippen LogP contribution >= 0.6 is 0 Å². The molecule has 0 N–H and O–H groups in total. The number of hydrogen-bond acceptors (Lipinski definition) is 2. The van der Waals surface area contributed by atoms with E-state index in [0.29, 0.717) is 6.42 Å². The standard InChI is InChI=1S/C7H15O2S/c1-5-6-10(8,9)7(2,3)4/h1,5-6H2,2-4H3. The summed E-state index contributed by atoms with van der Waals surface area (Å²) in [6, 6.07) is 0. The molecule has 61 valence electrons. The lowest BCUT2D eigenvalue weighted by Crippen LogP contribution is -2.30. The van der Waals surface area contributed by atoms with Crippen molar-refractivity contribution in [1.82, 2.24) is 0 Å². The molecule has 0 amide bonds. The van der Waals surface area contributed by atoms with Crippen LogP contribution in [0.1, 0.15) is 27.2 Å². The van der Waals surface area contributed by atoms with Crippen LogP contribution in [0.25, 0.3) is 0 Å². The molecule has 0 bridgehead atoms. The zero-order valence-electron chi connectivity index (χ0n) is 6.85. The lowest BCUT2D eigenvalue weighted by atomic mass is 10.3.